The van der Waals surface area contributed by atoms with Crippen LogP contribution in [0.4, 0.5) is 13.2 Å². The fraction of sp³-hybridized carbons (Fsp3) is 0.273. The van der Waals surface area contributed by atoms with Crippen LogP contribution in [-0.2, 0) is 23.9 Å². The third-order valence-corrected chi connectivity index (χ3v) is 5.31. The van der Waals surface area contributed by atoms with Gasteiger partial charge in [-0.25, -0.2) is 4.98 Å². The molecule has 0 bridgehead atoms. The molecule has 0 aliphatic heterocycles. The topological polar surface area (TPSA) is 60.5 Å². The maximum absolute atomic E-state index is 12.7. The predicted octanol–water partition coefficient (Wildman–Crippen LogP) is 5.10. The van der Waals surface area contributed by atoms with Gasteiger partial charge >= 0.3 is 6.18 Å². The zero-order valence-electron chi connectivity index (χ0n) is 17.0. The summed E-state index contributed by atoms with van der Waals surface area (Å²) in [5.74, 6) is 1.02. The normalized spacial score (nSPS) is 11.3. The van der Waals surface area contributed by atoms with Crippen LogP contribution < -0.4 is 14.8 Å². The lowest BCUT2D eigenvalue weighted by molar-refractivity contribution is -0.137. The smallest absolute Gasteiger partial charge is 0.416 e. The van der Waals surface area contributed by atoms with Gasteiger partial charge in [0.1, 0.15) is 5.01 Å². The number of hydrogen-bond donors (Lipinski definition) is 1. The van der Waals surface area contributed by atoms with Crippen molar-refractivity contribution in [2.24, 2.45) is 0 Å². The molecule has 0 unspecified atom stereocenters. The first kappa shape index (κ1) is 22.6. The first-order valence-corrected chi connectivity index (χ1v) is 10.4. The number of rotatable bonds is 8. The van der Waals surface area contributed by atoms with Crippen molar-refractivity contribution >= 4 is 17.2 Å². The number of carbonyl (C=O) groups is 1. The molecule has 164 valence electrons. The second kappa shape index (κ2) is 9.82. The van der Waals surface area contributed by atoms with Gasteiger partial charge in [0.15, 0.2) is 11.5 Å². The van der Waals surface area contributed by atoms with E-state index in [-0.39, 0.29) is 12.3 Å². The van der Waals surface area contributed by atoms with E-state index in [1.54, 1.807) is 24.6 Å². The minimum absolute atomic E-state index is 0.0747. The number of methoxy groups -OCH3 is 1. The molecule has 2 aromatic carbocycles. The number of hydrogen-bond acceptors (Lipinski definition) is 5. The van der Waals surface area contributed by atoms with Gasteiger partial charge in [0.2, 0.25) is 5.91 Å². The van der Waals surface area contributed by atoms with Crippen molar-refractivity contribution in [2.45, 2.75) is 26.1 Å². The number of nitrogens with zero attached hydrogens (tertiary/aromatic N) is 1. The average molecular weight is 450 g/mol. The largest absolute Gasteiger partial charge is 0.493 e. The molecule has 0 saturated heterocycles. The van der Waals surface area contributed by atoms with E-state index >= 15 is 0 Å². The quantitative estimate of drug-likeness (QED) is 0.519. The Balaban J connectivity index is 1.58. The van der Waals surface area contributed by atoms with Crippen molar-refractivity contribution in [1.29, 1.82) is 0 Å². The number of ether oxygens (including phenoxy) is 2. The van der Waals surface area contributed by atoms with Crippen LogP contribution in [0.3, 0.4) is 0 Å². The van der Waals surface area contributed by atoms with Gasteiger partial charge in [-0.15, -0.1) is 11.3 Å². The highest BCUT2D eigenvalue weighted by molar-refractivity contribution is 7.13. The molecule has 3 aromatic rings. The van der Waals surface area contributed by atoms with Crippen molar-refractivity contribution in [1.82, 2.24) is 10.3 Å². The molecule has 0 saturated carbocycles. The van der Waals surface area contributed by atoms with Crippen LogP contribution in [0.5, 0.6) is 11.5 Å². The van der Waals surface area contributed by atoms with Crippen molar-refractivity contribution in [3.63, 3.8) is 0 Å². The molecular formula is C22H21F3N2O3S. The summed E-state index contributed by atoms with van der Waals surface area (Å²) in [4.78, 5) is 16.6. The zero-order chi connectivity index (χ0) is 22.4. The third kappa shape index (κ3) is 5.97. The fourth-order valence-electron chi connectivity index (χ4n) is 2.85. The second-order valence-electron chi connectivity index (χ2n) is 6.59. The monoisotopic (exact) mass is 450 g/mol. The Bertz CT molecular complexity index is 1030. The van der Waals surface area contributed by atoms with E-state index in [0.717, 1.165) is 17.7 Å². The maximum atomic E-state index is 12.7. The minimum atomic E-state index is -4.38. The molecule has 31 heavy (non-hydrogen) atoms. The summed E-state index contributed by atoms with van der Waals surface area (Å²) in [7, 11) is 1.55. The Morgan fingerprint density at radius 2 is 1.87 bits per heavy atom. The van der Waals surface area contributed by atoms with Crippen LogP contribution in [0.25, 0.3) is 10.6 Å². The highest BCUT2D eigenvalue weighted by atomic mass is 32.1. The summed E-state index contributed by atoms with van der Waals surface area (Å²) in [6, 6.07) is 10.2. The Hall–Kier alpha value is -3.07. The molecule has 0 aliphatic carbocycles. The van der Waals surface area contributed by atoms with Gasteiger partial charge in [-0.1, -0.05) is 18.2 Å². The van der Waals surface area contributed by atoms with Crippen molar-refractivity contribution in [3.8, 4) is 22.1 Å². The number of benzene rings is 2. The number of halogens is 3. The number of carbonyl (C=O) groups excluding carboxylic acids is 1. The summed E-state index contributed by atoms with van der Waals surface area (Å²) < 4.78 is 48.8. The SMILES string of the molecule is CCOc1ccc(CNC(=O)Cc2csc(-c3ccc(C(F)(F)F)cc3)n2)cc1OC. The molecule has 1 amide bonds. The molecule has 1 aromatic heterocycles. The third-order valence-electron chi connectivity index (χ3n) is 4.37. The molecular weight excluding hydrogens is 429 g/mol. The first-order valence-electron chi connectivity index (χ1n) is 9.48. The van der Waals surface area contributed by atoms with E-state index in [4.69, 9.17) is 9.47 Å². The lowest BCUT2D eigenvalue weighted by Crippen LogP contribution is -2.24. The van der Waals surface area contributed by atoms with E-state index < -0.39 is 11.7 Å². The van der Waals surface area contributed by atoms with Gasteiger partial charge < -0.3 is 14.8 Å². The average Bonchev–Trinajstić information content (AvgIpc) is 3.21. The highest BCUT2D eigenvalue weighted by Gasteiger charge is 2.30. The Morgan fingerprint density at radius 3 is 2.52 bits per heavy atom. The summed E-state index contributed by atoms with van der Waals surface area (Å²) >= 11 is 1.28. The lowest BCUT2D eigenvalue weighted by Gasteiger charge is -2.11. The Labute approximate surface area is 181 Å². The zero-order valence-corrected chi connectivity index (χ0v) is 17.8. The summed E-state index contributed by atoms with van der Waals surface area (Å²) in [6.07, 6.45) is -4.30. The maximum Gasteiger partial charge on any atom is 0.416 e. The first-order chi connectivity index (χ1) is 14.8. The molecule has 9 heteroatoms. The Kier molecular flexibility index (Phi) is 7.17. The van der Waals surface area contributed by atoms with Gasteiger partial charge in [0.05, 0.1) is 31.4 Å². The molecule has 3 rings (SSSR count). The highest BCUT2D eigenvalue weighted by Crippen LogP contribution is 2.32. The van der Waals surface area contributed by atoms with Crippen molar-refractivity contribution in [2.75, 3.05) is 13.7 Å². The van der Waals surface area contributed by atoms with E-state index in [2.05, 4.69) is 10.3 Å². The van der Waals surface area contributed by atoms with Crippen molar-refractivity contribution in [3.05, 3.63) is 64.7 Å². The molecule has 0 fully saturated rings. The van der Waals surface area contributed by atoms with Crippen molar-refractivity contribution < 1.29 is 27.4 Å². The standard InChI is InChI=1S/C22H21F3N2O3S/c1-3-30-18-9-4-14(10-19(18)29-2)12-26-20(28)11-17-13-31-21(27-17)15-5-7-16(8-6-15)22(23,24)25/h4-10,13H,3,11-12H2,1-2H3,(H,26,28). The van der Waals surface area contributed by atoms with Crippen LogP contribution in [-0.4, -0.2) is 24.6 Å². The van der Waals surface area contributed by atoms with Crippen LogP contribution in [0.15, 0.2) is 47.8 Å². The van der Waals surface area contributed by atoms with Gasteiger partial charge in [-0.2, -0.15) is 13.2 Å². The van der Waals surface area contributed by atoms with E-state index in [0.29, 0.717) is 40.9 Å². The van der Waals surface area contributed by atoms with Gasteiger partial charge in [-0.05, 0) is 36.8 Å². The number of thiazole rings is 1. The molecule has 0 spiro atoms. The molecule has 0 aliphatic rings. The number of aromatic nitrogens is 1. The summed E-state index contributed by atoms with van der Waals surface area (Å²) in [5, 5.41) is 5.12. The lowest BCUT2D eigenvalue weighted by atomic mass is 10.1. The summed E-state index contributed by atoms with van der Waals surface area (Å²) in [6.45, 7) is 2.72. The molecule has 0 radical (unpaired) electrons. The van der Waals surface area contributed by atoms with E-state index in [9.17, 15) is 18.0 Å². The number of alkyl halides is 3. The second-order valence-corrected chi connectivity index (χ2v) is 7.45. The Morgan fingerprint density at radius 1 is 1.13 bits per heavy atom. The summed E-state index contributed by atoms with van der Waals surface area (Å²) in [5.41, 5.74) is 1.28. The number of amides is 1. The van der Waals surface area contributed by atoms with Crippen LogP contribution in [0.2, 0.25) is 0 Å². The van der Waals surface area contributed by atoms with Crippen LogP contribution >= 0.6 is 11.3 Å². The molecule has 1 heterocycles. The molecule has 0 atom stereocenters. The predicted molar refractivity (Wildman–Crippen MR) is 112 cm³/mol. The molecule has 1 N–H and O–H groups in total. The van der Waals surface area contributed by atoms with E-state index in [1.807, 2.05) is 13.0 Å². The van der Waals surface area contributed by atoms with Crippen LogP contribution in [0.1, 0.15) is 23.7 Å². The van der Waals surface area contributed by atoms with Gasteiger partial charge in [0.25, 0.3) is 0 Å². The minimum Gasteiger partial charge on any atom is -0.493 e. The number of nitrogens with one attached hydrogen (secondary N) is 1. The van der Waals surface area contributed by atoms with Crippen LogP contribution in [0, 0.1) is 0 Å². The fourth-order valence-corrected chi connectivity index (χ4v) is 3.67. The van der Waals surface area contributed by atoms with Gasteiger partial charge in [0, 0.05) is 17.5 Å². The van der Waals surface area contributed by atoms with Gasteiger partial charge in [-0.3, -0.25) is 4.79 Å². The molecule has 5 nitrogen and oxygen atoms in total. The van der Waals surface area contributed by atoms with E-state index in [1.165, 1.54) is 23.5 Å².